The molecule has 1 rings (SSSR count). The van der Waals surface area contributed by atoms with Crippen LogP contribution in [-0.2, 0) is 4.79 Å². The van der Waals surface area contributed by atoms with E-state index in [0.29, 0.717) is 5.75 Å². The third-order valence-corrected chi connectivity index (χ3v) is 2.42. The van der Waals surface area contributed by atoms with Crippen molar-refractivity contribution < 1.29 is 9.53 Å². The summed E-state index contributed by atoms with van der Waals surface area (Å²) in [6, 6.07) is 7.44. The summed E-state index contributed by atoms with van der Waals surface area (Å²) in [7, 11) is 3.50. The summed E-state index contributed by atoms with van der Waals surface area (Å²) in [5.41, 5.74) is 6.23. The van der Waals surface area contributed by atoms with Gasteiger partial charge in [-0.05, 0) is 24.6 Å². The molecule has 0 saturated heterocycles. The lowest BCUT2D eigenvalue weighted by Gasteiger charge is -2.17. The first kappa shape index (κ1) is 12.5. The van der Waals surface area contributed by atoms with E-state index in [1.54, 1.807) is 19.0 Å². The van der Waals surface area contributed by atoms with Crippen LogP contribution in [0.2, 0.25) is 0 Å². The van der Waals surface area contributed by atoms with E-state index in [1.807, 2.05) is 31.2 Å². The van der Waals surface area contributed by atoms with Gasteiger partial charge in [0, 0.05) is 14.1 Å². The molecule has 0 spiro atoms. The quantitative estimate of drug-likeness (QED) is 0.778. The molecule has 1 unspecified atom stereocenters. The molecule has 16 heavy (non-hydrogen) atoms. The summed E-state index contributed by atoms with van der Waals surface area (Å²) in [6.45, 7) is 2.02. The maximum absolute atomic E-state index is 11.8. The van der Waals surface area contributed by atoms with Gasteiger partial charge < -0.3 is 9.64 Å². The second-order valence-corrected chi connectivity index (χ2v) is 3.84. The van der Waals surface area contributed by atoms with E-state index < -0.39 is 0 Å². The first-order chi connectivity index (χ1) is 7.56. The summed E-state index contributed by atoms with van der Waals surface area (Å²) in [4.78, 5) is 13.4. The van der Waals surface area contributed by atoms with Crippen molar-refractivity contribution in [3.05, 3.63) is 29.8 Å². The normalized spacial score (nSPS) is 12.0. The van der Waals surface area contributed by atoms with Crippen LogP contribution >= 0.6 is 0 Å². The van der Waals surface area contributed by atoms with E-state index >= 15 is 0 Å². The maximum Gasteiger partial charge on any atom is 0.229 e. The highest BCUT2D eigenvalue weighted by Gasteiger charge is 2.17. The molecule has 4 nitrogen and oxygen atoms in total. The number of carbonyl (C=O) groups excluding carboxylic acids is 1. The highest BCUT2D eigenvalue weighted by molar-refractivity contribution is 5.82. The van der Waals surface area contributed by atoms with Gasteiger partial charge in [-0.1, -0.05) is 12.1 Å². The van der Waals surface area contributed by atoms with Gasteiger partial charge in [0.15, 0.2) is 0 Å². The number of benzene rings is 1. The van der Waals surface area contributed by atoms with Crippen molar-refractivity contribution >= 4 is 5.91 Å². The maximum atomic E-state index is 11.8. The molecule has 0 aliphatic carbocycles. The standard InChI is InChI=1S/C12H18N2O2/c1-9(12(15)14(2)3)10-5-4-6-11(7-10)16-8-13/h4-7,9H,8,13H2,1-3H3. The SMILES string of the molecule is CC(C(=O)N(C)C)c1cccc(OCN)c1. The minimum absolute atomic E-state index is 0.0740. The number of nitrogens with zero attached hydrogens (tertiary/aromatic N) is 1. The van der Waals surface area contributed by atoms with Crippen LogP contribution in [0, 0.1) is 0 Å². The van der Waals surface area contributed by atoms with E-state index in [2.05, 4.69) is 0 Å². The van der Waals surface area contributed by atoms with Crippen LogP contribution in [0.3, 0.4) is 0 Å². The molecule has 0 heterocycles. The van der Waals surface area contributed by atoms with Crippen LogP contribution in [0.15, 0.2) is 24.3 Å². The smallest absolute Gasteiger partial charge is 0.229 e. The van der Waals surface area contributed by atoms with Crippen LogP contribution in [0.25, 0.3) is 0 Å². The summed E-state index contributed by atoms with van der Waals surface area (Å²) >= 11 is 0. The Balaban J connectivity index is 2.86. The van der Waals surface area contributed by atoms with Crippen molar-refractivity contribution in [3.8, 4) is 5.75 Å². The number of hydrogen-bond donors (Lipinski definition) is 1. The Hall–Kier alpha value is -1.55. The molecule has 0 aliphatic rings. The zero-order valence-corrected chi connectivity index (χ0v) is 9.93. The monoisotopic (exact) mass is 222 g/mol. The average Bonchev–Trinajstić information content (AvgIpc) is 2.28. The van der Waals surface area contributed by atoms with E-state index in [0.717, 1.165) is 5.56 Å². The Labute approximate surface area is 96.0 Å². The fourth-order valence-corrected chi connectivity index (χ4v) is 1.50. The lowest BCUT2D eigenvalue weighted by atomic mass is 10.00. The van der Waals surface area contributed by atoms with Gasteiger partial charge in [-0.15, -0.1) is 0 Å². The zero-order valence-electron chi connectivity index (χ0n) is 9.93. The molecule has 0 saturated carbocycles. The van der Waals surface area contributed by atoms with Gasteiger partial charge in [-0.2, -0.15) is 0 Å². The van der Waals surface area contributed by atoms with Gasteiger partial charge >= 0.3 is 0 Å². The largest absolute Gasteiger partial charge is 0.479 e. The lowest BCUT2D eigenvalue weighted by Crippen LogP contribution is -2.26. The summed E-state index contributed by atoms with van der Waals surface area (Å²) in [6.07, 6.45) is 0. The Bertz CT molecular complexity index is 364. The Morgan fingerprint density at radius 1 is 1.50 bits per heavy atom. The summed E-state index contributed by atoms with van der Waals surface area (Å²) in [5.74, 6) is 0.597. The van der Waals surface area contributed by atoms with Crippen molar-refractivity contribution in [1.82, 2.24) is 4.90 Å². The molecule has 1 amide bonds. The van der Waals surface area contributed by atoms with E-state index in [9.17, 15) is 4.79 Å². The molecule has 0 aromatic heterocycles. The number of hydrogen-bond acceptors (Lipinski definition) is 3. The van der Waals surface area contributed by atoms with Crippen molar-refractivity contribution in [2.45, 2.75) is 12.8 Å². The number of rotatable bonds is 4. The minimum atomic E-state index is -0.170. The van der Waals surface area contributed by atoms with Gasteiger partial charge in [0.1, 0.15) is 12.5 Å². The second-order valence-electron chi connectivity index (χ2n) is 3.84. The summed E-state index contributed by atoms with van der Waals surface area (Å²) in [5, 5.41) is 0. The number of carbonyl (C=O) groups is 1. The summed E-state index contributed by atoms with van der Waals surface area (Å²) < 4.78 is 5.19. The van der Waals surface area contributed by atoms with Gasteiger partial charge in [0.2, 0.25) is 5.91 Å². The molecule has 1 aromatic carbocycles. The molecular weight excluding hydrogens is 204 g/mol. The Morgan fingerprint density at radius 2 is 2.19 bits per heavy atom. The van der Waals surface area contributed by atoms with Crippen molar-refractivity contribution in [3.63, 3.8) is 0 Å². The number of nitrogens with two attached hydrogens (primary N) is 1. The zero-order chi connectivity index (χ0) is 12.1. The molecule has 0 fully saturated rings. The predicted molar refractivity (Wildman–Crippen MR) is 63.2 cm³/mol. The highest BCUT2D eigenvalue weighted by atomic mass is 16.5. The number of amides is 1. The topological polar surface area (TPSA) is 55.6 Å². The van der Waals surface area contributed by atoms with E-state index in [1.165, 1.54) is 0 Å². The molecule has 0 radical (unpaired) electrons. The van der Waals surface area contributed by atoms with Crippen molar-refractivity contribution in [2.75, 3.05) is 20.8 Å². The Morgan fingerprint density at radius 3 is 2.75 bits per heavy atom. The van der Waals surface area contributed by atoms with Gasteiger partial charge in [-0.3, -0.25) is 10.5 Å². The predicted octanol–water partition coefficient (Wildman–Crippen LogP) is 1.17. The van der Waals surface area contributed by atoms with Crippen LogP contribution < -0.4 is 10.5 Å². The van der Waals surface area contributed by atoms with Crippen molar-refractivity contribution in [2.24, 2.45) is 5.73 Å². The first-order valence-electron chi connectivity index (χ1n) is 5.20. The molecule has 1 aromatic rings. The average molecular weight is 222 g/mol. The van der Waals surface area contributed by atoms with Gasteiger partial charge in [0.05, 0.1) is 5.92 Å². The van der Waals surface area contributed by atoms with E-state index in [-0.39, 0.29) is 18.6 Å². The fraction of sp³-hybridized carbons (Fsp3) is 0.417. The third kappa shape index (κ3) is 2.97. The van der Waals surface area contributed by atoms with Gasteiger partial charge in [-0.25, -0.2) is 0 Å². The molecule has 1 atom stereocenters. The Kier molecular flexibility index (Phi) is 4.31. The minimum Gasteiger partial charge on any atom is -0.479 e. The number of likely N-dealkylation sites (N-methyl/N-ethyl adjacent to an activating group) is 1. The van der Waals surface area contributed by atoms with Crippen LogP contribution in [-0.4, -0.2) is 31.6 Å². The fourth-order valence-electron chi connectivity index (χ4n) is 1.50. The van der Waals surface area contributed by atoms with Crippen LogP contribution in [0.4, 0.5) is 0 Å². The van der Waals surface area contributed by atoms with Crippen LogP contribution in [0.1, 0.15) is 18.4 Å². The second kappa shape index (κ2) is 5.51. The third-order valence-electron chi connectivity index (χ3n) is 2.42. The number of ether oxygens (including phenoxy) is 1. The molecule has 2 N–H and O–H groups in total. The first-order valence-corrected chi connectivity index (χ1v) is 5.20. The highest BCUT2D eigenvalue weighted by Crippen LogP contribution is 2.21. The molecule has 4 heteroatoms. The van der Waals surface area contributed by atoms with Crippen LogP contribution in [0.5, 0.6) is 5.75 Å². The van der Waals surface area contributed by atoms with E-state index in [4.69, 9.17) is 10.5 Å². The molecule has 88 valence electrons. The molecule has 0 bridgehead atoms. The molecule has 0 aliphatic heterocycles. The van der Waals surface area contributed by atoms with Crippen molar-refractivity contribution in [1.29, 1.82) is 0 Å². The van der Waals surface area contributed by atoms with Gasteiger partial charge in [0.25, 0.3) is 0 Å². The lowest BCUT2D eigenvalue weighted by molar-refractivity contribution is -0.129. The molecular formula is C12H18N2O2.